The molecule has 0 spiro atoms. The lowest BCUT2D eigenvalue weighted by Crippen LogP contribution is -2.48. The number of para-hydroxylation sites is 1. The number of benzene rings is 3. The van der Waals surface area contributed by atoms with Gasteiger partial charge in [0.25, 0.3) is 15.9 Å². The zero-order valence-electron chi connectivity index (χ0n) is 18.9. The van der Waals surface area contributed by atoms with Crippen molar-refractivity contribution < 1.29 is 13.2 Å². The summed E-state index contributed by atoms with van der Waals surface area (Å²) >= 11 is 6.34. The number of anilines is 2. The third-order valence-electron chi connectivity index (χ3n) is 6.52. The van der Waals surface area contributed by atoms with Crippen LogP contribution in [-0.4, -0.2) is 51.9 Å². The van der Waals surface area contributed by atoms with Crippen molar-refractivity contribution >= 4 is 38.9 Å². The van der Waals surface area contributed by atoms with E-state index >= 15 is 0 Å². The Labute approximate surface area is 205 Å². The average Bonchev–Trinajstić information content (AvgIpc) is 3.29. The molecule has 176 valence electrons. The molecule has 0 saturated carbocycles. The standard InChI is InChI=1S/C26H26ClN3O3S/c1-19-5-4-7-22(17-19)28-13-15-29(16-14-28)26(31)21-9-10-23(27)25(18-21)34(32,33)30-12-11-20-6-2-3-8-24(20)30/h2-10,17-18H,11-16H2,1H3. The third-order valence-corrected chi connectivity index (χ3v) is 8.82. The van der Waals surface area contributed by atoms with E-state index in [1.807, 2.05) is 24.3 Å². The SMILES string of the molecule is Cc1cccc(N2CCN(C(=O)c3ccc(Cl)c(S(=O)(=O)N4CCc5ccccc54)c3)CC2)c1. The molecule has 3 aromatic rings. The van der Waals surface area contributed by atoms with Gasteiger partial charge < -0.3 is 9.80 Å². The van der Waals surface area contributed by atoms with Crippen LogP contribution in [0.2, 0.25) is 5.02 Å². The van der Waals surface area contributed by atoms with Crippen molar-refractivity contribution in [3.05, 3.63) is 88.4 Å². The van der Waals surface area contributed by atoms with Crippen LogP contribution in [0.4, 0.5) is 11.4 Å². The molecule has 0 unspecified atom stereocenters. The molecule has 2 heterocycles. The zero-order chi connectivity index (χ0) is 23.9. The van der Waals surface area contributed by atoms with Crippen molar-refractivity contribution in [2.45, 2.75) is 18.2 Å². The van der Waals surface area contributed by atoms with E-state index in [0.717, 1.165) is 24.3 Å². The molecule has 0 aromatic heterocycles. The fraction of sp³-hybridized carbons (Fsp3) is 0.269. The van der Waals surface area contributed by atoms with Crippen LogP contribution < -0.4 is 9.21 Å². The Morgan fingerprint density at radius 2 is 1.65 bits per heavy atom. The first kappa shape index (κ1) is 22.7. The molecule has 3 aromatic carbocycles. The number of halogens is 1. The number of hydrogen-bond donors (Lipinski definition) is 0. The van der Waals surface area contributed by atoms with Crippen LogP contribution in [0.25, 0.3) is 0 Å². The predicted octanol–water partition coefficient (Wildman–Crippen LogP) is 4.36. The van der Waals surface area contributed by atoms with Gasteiger partial charge in [-0.05, 0) is 60.9 Å². The number of carbonyl (C=O) groups is 1. The van der Waals surface area contributed by atoms with Crippen molar-refractivity contribution in [2.75, 3.05) is 41.9 Å². The molecule has 0 N–H and O–H groups in total. The highest BCUT2D eigenvalue weighted by Crippen LogP contribution is 2.35. The number of fused-ring (bicyclic) bond motifs is 1. The Morgan fingerprint density at radius 1 is 0.882 bits per heavy atom. The minimum Gasteiger partial charge on any atom is -0.368 e. The number of piperazine rings is 1. The third kappa shape index (κ3) is 4.14. The molecule has 1 amide bonds. The molecule has 8 heteroatoms. The lowest BCUT2D eigenvalue weighted by Gasteiger charge is -2.36. The maximum atomic E-state index is 13.5. The number of rotatable bonds is 4. The van der Waals surface area contributed by atoms with E-state index in [1.54, 1.807) is 17.0 Å². The van der Waals surface area contributed by atoms with E-state index in [2.05, 4.69) is 30.0 Å². The van der Waals surface area contributed by atoms with E-state index in [-0.39, 0.29) is 15.8 Å². The van der Waals surface area contributed by atoms with E-state index in [4.69, 9.17) is 11.6 Å². The number of nitrogens with zero attached hydrogens (tertiary/aromatic N) is 3. The molecular formula is C26H26ClN3O3S. The van der Waals surface area contributed by atoms with Crippen LogP contribution >= 0.6 is 11.6 Å². The second-order valence-electron chi connectivity index (χ2n) is 8.72. The molecule has 1 fully saturated rings. The smallest absolute Gasteiger partial charge is 0.265 e. The van der Waals surface area contributed by atoms with Crippen molar-refractivity contribution in [3.63, 3.8) is 0 Å². The minimum absolute atomic E-state index is 0.0323. The molecule has 34 heavy (non-hydrogen) atoms. The minimum atomic E-state index is -3.90. The second-order valence-corrected chi connectivity index (χ2v) is 11.0. The van der Waals surface area contributed by atoms with Gasteiger partial charge in [-0.2, -0.15) is 0 Å². The van der Waals surface area contributed by atoms with E-state index < -0.39 is 10.0 Å². The largest absolute Gasteiger partial charge is 0.368 e. The van der Waals surface area contributed by atoms with Gasteiger partial charge in [-0.3, -0.25) is 9.10 Å². The maximum Gasteiger partial charge on any atom is 0.265 e. The second kappa shape index (κ2) is 8.96. The summed E-state index contributed by atoms with van der Waals surface area (Å²) < 4.78 is 28.4. The van der Waals surface area contributed by atoms with Gasteiger partial charge in [0.05, 0.1) is 10.7 Å². The highest BCUT2D eigenvalue weighted by molar-refractivity contribution is 7.93. The topological polar surface area (TPSA) is 60.9 Å². The van der Waals surface area contributed by atoms with Crippen molar-refractivity contribution in [1.29, 1.82) is 0 Å². The summed E-state index contributed by atoms with van der Waals surface area (Å²) in [4.78, 5) is 17.3. The van der Waals surface area contributed by atoms with Crippen molar-refractivity contribution in [3.8, 4) is 0 Å². The Hall–Kier alpha value is -3.03. The zero-order valence-corrected chi connectivity index (χ0v) is 20.5. The quantitative estimate of drug-likeness (QED) is 0.539. The highest BCUT2D eigenvalue weighted by atomic mass is 35.5. The van der Waals surface area contributed by atoms with E-state index in [9.17, 15) is 13.2 Å². The van der Waals surface area contributed by atoms with Gasteiger partial charge in [-0.25, -0.2) is 8.42 Å². The van der Waals surface area contributed by atoms with Gasteiger partial charge in [0, 0.05) is 44.0 Å². The maximum absolute atomic E-state index is 13.5. The average molecular weight is 496 g/mol. The van der Waals surface area contributed by atoms with Crippen LogP contribution in [-0.2, 0) is 16.4 Å². The van der Waals surface area contributed by atoms with Crippen molar-refractivity contribution in [1.82, 2.24) is 4.90 Å². The molecule has 0 bridgehead atoms. The highest BCUT2D eigenvalue weighted by Gasteiger charge is 2.33. The molecule has 0 radical (unpaired) electrons. The van der Waals surface area contributed by atoms with Crippen molar-refractivity contribution in [2.24, 2.45) is 0 Å². The fourth-order valence-corrected chi connectivity index (χ4v) is 6.69. The summed E-state index contributed by atoms with van der Waals surface area (Å²) in [6.45, 7) is 5.00. The Bertz CT molecular complexity index is 1350. The van der Waals surface area contributed by atoms with Gasteiger partial charge in [0.1, 0.15) is 4.90 Å². The molecule has 2 aliphatic heterocycles. The number of carbonyl (C=O) groups excluding carboxylic acids is 1. The van der Waals surface area contributed by atoms with Gasteiger partial charge in [-0.15, -0.1) is 0 Å². The molecule has 2 aliphatic rings. The van der Waals surface area contributed by atoms with Crippen LogP contribution in [0.5, 0.6) is 0 Å². The summed E-state index contributed by atoms with van der Waals surface area (Å²) in [6, 6.07) is 20.3. The number of aryl methyl sites for hydroxylation is 1. The lowest BCUT2D eigenvalue weighted by molar-refractivity contribution is 0.0746. The summed E-state index contributed by atoms with van der Waals surface area (Å²) in [5.74, 6) is -0.182. The summed E-state index contributed by atoms with van der Waals surface area (Å²) in [5.41, 5.74) is 4.34. The Balaban J connectivity index is 1.35. The molecule has 0 aliphatic carbocycles. The van der Waals surface area contributed by atoms with Gasteiger partial charge >= 0.3 is 0 Å². The van der Waals surface area contributed by atoms with Gasteiger partial charge in [0.15, 0.2) is 0 Å². The summed E-state index contributed by atoms with van der Waals surface area (Å²) in [6.07, 6.45) is 0.650. The van der Waals surface area contributed by atoms with Crippen LogP contribution in [0.3, 0.4) is 0 Å². The molecule has 0 atom stereocenters. The number of sulfonamides is 1. The Morgan fingerprint density at radius 3 is 2.41 bits per heavy atom. The number of hydrogen-bond acceptors (Lipinski definition) is 4. The summed E-state index contributed by atoms with van der Waals surface area (Å²) in [7, 11) is -3.90. The lowest BCUT2D eigenvalue weighted by atomic mass is 10.1. The van der Waals surface area contributed by atoms with Crippen LogP contribution in [0, 0.1) is 6.92 Å². The first-order valence-corrected chi connectivity index (χ1v) is 13.2. The molecular weight excluding hydrogens is 470 g/mol. The molecule has 1 saturated heterocycles. The predicted molar refractivity (Wildman–Crippen MR) is 135 cm³/mol. The van der Waals surface area contributed by atoms with E-state index in [0.29, 0.717) is 37.3 Å². The first-order valence-electron chi connectivity index (χ1n) is 11.4. The first-order chi connectivity index (χ1) is 16.3. The monoisotopic (exact) mass is 495 g/mol. The van der Waals surface area contributed by atoms with E-state index in [1.165, 1.54) is 22.0 Å². The van der Waals surface area contributed by atoms with Gasteiger partial charge in [0.2, 0.25) is 0 Å². The van der Waals surface area contributed by atoms with Crippen LogP contribution in [0.15, 0.2) is 71.6 Å². The van der Waals surface area contributed by atoms with Gasteiger partial charge in [-0.1, -0.05) is 41.9 Å². The Kier molecular flexibility index (Phi) is 6.00. The summed E-state index contributed by atoms with van der Waals surface area (Å²) in [5, 5.41) is 0.116. The normalized spacial score (nSPS) is 16.0. The van der Waals surface area contributed by atoms with Crippen LogP contribution in [0.1, 0.15) is 21.5 Å². The molecule has 5 rings (SSSR count). The fourth-order valence-electron chi connectivity index (χ4n) is 4.69. The molecule has 6 nitrogen and oxygen atoms in total. The number of amides is 1.